The van der Waals surface area contributed by atoms with Gasteiger partial charge in [-0.25, -0.2) is 0 Å². The van der Waals surface area contributed by atoms with E-state index in [4.69, 9.17) is 0 Å². The smallest absolute Gasteiger partial charge is 0.232 e. The summed E-state index contributed by atoms with van der Waals surface area (Å²) < 4.78 is 0. The molecule has 0 aliphatic heterocycles. The van der Waals surface area contributed by atoms with E-state index in [2.05, 4.69) is 29.6 Å². The van der Waals surface area contributed by atoms with Crippen LogP contribution in [0.5, 0.6) is 0 Å². The Kier molecular flexibility index (Phi) is 8.73. The van der Waals surface area contributed by atoms with Gasteiger partial charge in [0.15, 0.2) is 0 Å². The first-order chi connectivity index (χ1) is 15.1. The van der Waals surface area contributed by atoms with Crippen LogP contribution in [0.3, 0.4) is 0 Å². The Morgan fingerprint density at radius 2 is 1.29 bits per heavy atom. The molecule has 0 aromatic heterocycles. The molecule has 1 N–H and O–H groups in total. The average molecular weight is 433 g/mol. The number of rotatable bonds is 10. The highest BCUT2D eigenvalue weighted by Crippen LogP contribution is 2.21. The van der Waals surface area contributed by atoms with E-state index in [-0.39, 0.29) is 11.8 Å². The predicted molar refractivity (Wildman–Crippen MR) is 128 cm³/mol. The first kappa shape index (κ1) is 22.6. The SMILES string of the molecule is CC(=O)Nc1ccc(SCC(=O)N(CCc2ccccc2)CCc2ccccc2)cc1. The average Bonchev–Trinajstić information content (AvgIpc) is 2.79. The van der Waals surface area contributed by atoms with Gasteiger partial charge in [0.25, 0.3) is 0 Å². The molecule has 3 rings (SSSR count). The van der Waals surface area contributed by atoms with Gasteiger partial charge >= 0.3 is 0 Å². The van der Waals surface area contributed by atoms with E-state index in [9.17, 15) is 9.59 Å². The first-order valence-electron chi connectivity index (χ1n) is 10.5. The summed E-state index contributed by atoms with van der Waals surface area (Å²) >= 11 is 1.52. The minimum atomic E-state index is -0.0944. The third-order valence-corrected chi connectivity index (χ3v) is 5.91. The molecule has 0 aliphatic carbocycles. The zero-order valence-electron chi connectivity index (χ0n) is 17.8. The Morgan fingerprint density at radius 3 is 1.77 bits per heavy atom. The number of thioether (sulfide) groups is 1. The van der Waals surface area contributed by atoms with E-state index in [0.717, 1.165) is 23.4 Å². The lowest BCUT2D eigenvalue weighted by Crippen LogP contribution is -2.36. The van der Waals surface area contributed by atoms with Gasteiger partial charge in [-0.15, -0.1) is 11.8 Å². The third kappa shape index (κ3) is 7.95. The van der Waals surface area contributed by atoms with Crippen molar-refractivity contribution in [1.82, 2.24) is 4.90 Å². The van der Waals surface area contributed by atoms with Gasteiger partial charge in [-0.05, 0) is 48.2 Å². The highest BCUT2D eigenvalue weighted by Gasteiger charge is 2.14. The molecule has 0 saturated carbocycles. The Labute approximate surface area is 188 Å². The summed E-state index contributed by atoms with van der Waals surface area (Å²) in [4.78, 5) is 27.1. The topological polar surface area (TPSA) is 49.4 Å². The minimum absolute atomic E-state index is 0.0944. The second kappa shape index (κ2) is 12.0. The van der Waals surface area contributed by atoms with Gasteiger partial charge in [0, 0.05) is 30.6 Å². The number of nitrogens with zero attached hydrogens (tertiary/aromatic N) is 1. The molecule has 4 nitrogen and oxygen atoms in total. The molecular formula is C26H28N2O2S. The first-order valence-corrected chi connectivity index (χ1v) is 11.4. The van der Waals surface area contributed by atoms with E-state index in [1.54, 1.807) is 0 Å². The Hall–Kier alpha value is -3.05. The maximum atomic E-state index is 13.0. The summed E-state index contributed by atoms with van der Waals surface area (Å²) in [5, 5.41) is 2.76. The van der Waals surface area contributed by atoms with Crippen molar-refractivity contribution in [2.45, 2.75) is 24.7 Å². The van der Waals surface area contributed by atoms with Crippen LogP contribution in [0.15, 0.2) is 89.8 Å². The van der Waals surface area contributed by atoms with Gasteiger partial charge in [-0.3, -0.25) is 9.59 Å². The van der Waals surface area contributed by atoms with Crippen LogP contribution in [0.2, 0.25) is 0 Å². The summed E-state index contributed by atoms with van der Waals surface area (Å²) in [7, 11) is 0. The van der Waals surface area contributed by atoms with Crippen LogP contribution in [0.4, 0.5) is 5.69 Å². The van der Waals surface area contributed by atoms with Gasteiger partial charge in [-0.2, -0.15) is 0 Å². The van der Waals surface area contributed by atoms with Crippen LogP contribution in [0, 0.1) is 0 Å². The van der Waals surface area contributed by atoms with Crippen molar-refractivity contribution in [2.75, 3.05) is 24.2 Å². The molecule has 5 heteroatoms. The van der Waals surface area contributed by atoms with Crippen LogP contribution in [-0.2, 0) is 22.4 Å². The van der Waals surface area contributed by atoms with Crippen LogP contribution < -0.4 is 5.32 Å². The molecule has 0 aliphatic rings. The number of hydrogen-bond donors (Lipinski definition) is 1. The molecule has 0 heterocycles. The number of nitrogens with one attached hydrogen (secondary N) is 1. The van der Waals surface area contributed by atoms with Gasteiger partial charge in [0.1, 0.15) is 0 Å². The van der Waals surface area contributed by atoms with E-state index in [1.807, 2.05) is 65.6 Å². The fourth-order valence-corrected chi connectivity index (χ4v) is 4.05. The Balaban J connectivity index is 1.58. The van der Waals surface area contributed by atoms with E-state index in [1.165, 1.54) is 29.8 Å². The maximum absolute atomic E-state index is 13.0. The molecule has 0 radical (unpaired) electrons. The third-order valence-electron chi connectivity index (χ3n) is 4.92. The van der Waals surface area contributed by atoms with Crippen LogP contribution in [0.25, 0.3) is 0 Å². The molecule has 0 saturated heterocycles. The van der Waals surface area contributed by atoms with E-state index < -0.39 is 0 Å². The van der Waals surface area contributed by atoms with Crippen molar-refractivity contribution in [1.29, 1.82) is 0 Å². The van der Waals surface area contributed by atoms with Crippen LogP contribution >= 0.6 is 11.8 Å². The van der Waals surface area contributed by atoms with Crippen molar-refractivity contribution in [3.8, 4) is 0 Å². The number of amides is 2. The standard InChI is InChI=1S/C26H28N2O2S/c1-21(29)27-24-12-14-25(15-13-24)31-20-26(30)28(18-16-22-8-4-2-5-9-22)19-17-23-10-6-3-7-11-23/h2-15H,16-20H2,1H3,(H,27,29). The van der Waals surface area contributed by atoms with Crippen molar-refractivity contribution in [2.24, 2.45) is 0 Å². The van der Waals surface area contributed by atoms with E-state index in [0.29, 0.717) is 18.8 Å². The zero-order valence-corrected chi connectivity index (χ0v) is 18.6. The monoisotopic (exact) mass is 432 g/mol. The largest absolute Gasteiger partial charge is 0.341 e. The molecule has 3 aromatic carbocycles. The maximum Gasteiger partial charge on any atom is 0.232 e. The van der Waals surface area contributed by atoms with Gasteiger partial charge in [-0.1, -0.05) is 60.7 Å². The highest BCUT2D eigenvalue weighted by atomic mass is 32.2. The predicted octanol–water partition coefficient (Wildman–Crippen LogP) is 5.05. The molecule has 31 heavy (non-hydrogen) atoms. The van der Waals surface area contributed by atoms with Gasteiger partial charge in [0.05, 0.1) is 5.75 Å². The molecule has 0 unspecified atom stereocenters. The summed E-state index contributed by atoms with van der Waals surface area (Å²) in [6.45, 7) is 2.90. The van der Waals surface area contributed by atoms with Crippen molar-refractivity contribution in [3.05, 3.63) is 96.1 Å². The number of benzene rings is 3. The lowest BCUT2D eigenvalue weighted by molar-refractivity contribution is -0.128. The lowest BCUT2D eigenvalue weighted by Gasteiger charge is -2.23. The van der Waals surface area contributed by atoms with Crippen LogP contribution in [0.1, 0.15) is 18.1 Å². The summed E-state index contributed by atoms with van der Waals surface area (Å²) in [5.41, 5.74) is 3.23. The van der Waals surface area contributed by atoms with Crippen molar-refractivity contribution >= 4 is 29.3 Å². The lowest BCUT2D eigenvalue weighted by atomic mass is 10.1. The summed E-state index contributed by atoms with van der Waals surface area (Å²) in [6, 6.07) is 28.1. The quantitative estimate of drug-likeness (QED) is 0.456. The zero-order chi connectivity index (χ0) is 21.9. The molecule has 0 fully saturated rings. The fourth-order valence-electron chi connectivity index (χ4n) is 3.25. The van der Waals surface area contributed by atoms with Crippen molar-refractivity contribution in [3.63, 3.8) is 0 Å². The molecular weight excluding hydrogens is 404 g/mol. The van der Waals surface area contributed by atoms with Gasteiger partial charge < -0.3 is 10.2 Å². The Bertz CT molecular complexity index is 916. The number of anilines is 1. The molecule has 2 amide bonds. The summed E-state index contributed by atoms with van der Waals surface area (Å²) in [5.74, 6) is 0.439. The highest BCUT2D eigenvalue weighted by molar-refractivity contribution is 8.00. The normalized spacial score (nSPS) is 10.5. The van der Waals surface area contributed by atoms with E-state index >= 15 is 0 Å². The molecule has 0 bridgehead atoms. The molecule has 0 spiro atoms. The number of carbonyl (C=O) groups excluding carboxylic acids is 2. The molecule has 0 atom stereocenters. The second-order valence-corrected chi connectivity index (χ2v) is 8.39. The van der Waals surface area contributed by atoms with Crippen molar-refractivity contribution < 1.29 is 9.59 Å². The minimum Gasteiger partial charge on any atom is -0.341 e. The Morgan fingerprint density at radius 1 is 0.774 bits per heavy atom. The molecule has 160 valence electrons. The number of carbonyl (C=O) groups is 2. The summed E-state index contributed by atoms with van der Waals surface area (Å²) in [6.07, 6.45) is 1.69. The second-order valence-electron chi connectivity index (χ2n) is 7.35. The molecule has 3 aromatic rings. The van der Waals surface area contributed by atoms with Crippen LogP contribution in [-0.4, -0.2) is 35.6 Å². The fraction of sp³-hybridized carbons (Fsp3) is 0.231. The number of hydrogen-bond acceptors (Lipinski definition) is 3. The van der Waals surface area contributed by atoms with Gasteiger partial charge in [0.2, 0.25) is 11.8 Å².